The van der Waals surface area contributed by atoms with Crippen LogP contribution in [0.4, 0.5) is 4.79 Å². The van der Waals surface area contributed by atoms with Gasteiger partial charge in [0, 0.05) is 31.7 Å². The minimum absolute atomic E-state index is 0.108. The fourth-order valence-electron chi connectivity index (χ4n) is 1.92. The summed E-state index contributed by atoms with van der Waals surface area (Å²) in [4.78, 5) is 26.4. The molecular formula is C12H23N3O3. The fraction of sp³-hybridized carbons (Fsp3) is 0.833. The third-order valence-electron chi connectivity index (χ3n) is 3.23. The molecule has 0 spiro atoms. The molecule has 1 aliphatic rings. The Labute approximate surface area is 108 Å². The molecule has 1 heterocycles. The summed E-state index contributed by atoms with van der Waals surface area (Å²) in [5.74, 6) is -1.02. The number of nitrogens with zero attached hydrogens (tertiary/aromatic N) is 2. The molecule has 1 atom stereocenters. The maximum atomic E-state index is 11.8. The highest BCUT2D eigenvalue weighted by molar-refractivity contribution is 5.82. The summed E-state index contributed by atoms with van der Waals surface area (Å²) < 4.78 is 0. The van der Waals surface area contributed by atoms with E-state index < -0.39 is 12.0 Å². The zero-order chi connectivity index (χ0) is 13.9. The number of carbonyl (C=O) groups is 2. The molecule has 0 radical (unpaired) electrons. The van der Waals surface area contributed by atoms with E-state index in [0.29, 0.717) is 13.1 Å². The van der Waals surface area contributed by atoms with Crippen molar-refractivity contribution in [1.82, 2.24) is 15.1 Å². The molecule has 1 rings (SSSR count). The van der Waals surface area contributed by atoms with Crippen LogP contribution in [0.5, 0.6) is 0 Å². The Bertz CT molecular complexity index is 317. The van der Waals surface area contributed by atoms with E-state index in [2.05, 4.69) is 31.0 Å². The molecule has 1 aliphatic heterocycles. The standard InChI is InChI=1S/C12H23N3O3/c1-9(10(16)17)13-11(18)14-5-7-15(8-6-14)12(2,3)4/h9H,5-8H2,1-4H3,(H,13,18)(H,16,17). The normalized spacial score (nSPS) is 19.4. The van der Waals surface area contributed by atoms with Crippen LogP contribution in [0.15, 0.2) is 0 Å². The molecule has 0 aromatic heterocycles. The van der Waals surface area contributed by atoms with Crippen molar-refractivity contribution in [2.24, 2.45) is 0 Å². The number of urea groups is 1. The summed E-state index contributed by atoms with van der Waals surface area (Å²) in [6.45, 7) is 10.8. The van der Waals surface area contributed by atoms with Crippen molar-refractivity contribution in [2.45, 2.75) is 39.3 Å². The van der Waals surface area contributed by atoms with E-state index in [1.54, 1.807) is 4.90 Å². The second-order valence-electron chi connectivity index (χ2n) is 5.65. The van der Waals surface area contributed by atoms with E-state index in [-0.39, 0.29) is 11.6 Å². The summed E-state index contributed by atoms with van der Waals surface area (Å²) in [6.07, 6.45) is 0. The lowest BCUT2D eigenvalue weighted by Crippen LogP contribution is -2.57. The van der Waals surface area contributed by atoms with Crippen LogP contribution in [0.3, 0.4) is 0 Å². The molecule has 1 fully saturated rings. The van der Waals surface area contributed by atoms with E-state index in [4.69, 9.17) is 5.11 Å². The van der Waals surface area contributed by atoms with E-state index >= 15 is 0 Å². The zero-order valence-electron chi connectivity index (χ0n) is 11.6. The van der Waals surface area contributed by atoms with Crippen molar-refractivity contribution in [1.29, 1.82) is 0 Å². The Morgan fingerprint density at radius 1 is 1.17 bits per heavy atom. The number of nitrogens with one attached hydrogen (secondary N) is 1. The van der Waals surface area contributed by atoms with Gasteiger partial charge < -0.3 is 15.3 Å². The summed E-state index contributed by atoms with van der Waals surface area (Å²) in [5.41, 5.74) is 0.108. The fourth-order valence-corrected chi connectivity index (χ4v) is 1.92. The maximum absolute atomic E-state index is 11.8. The molecule has 6 nitrogen and oxygen atoms in total. The maximum Gasteiger partial charge on any atom is 0.325 e. The number of hydrogen-bond acceptors (Lipinski definition) is 3. The molecule has 1 unspecified atom stereocenters. The molecular weight excluding hydrogens is 234 g/mol. The monoisotopic (exact) mass is 257 g/mol. The molecule has 0 aromatic carbocycles. The van der Waals surface area contributed by atoms with Gasteiger partial charge in [-0.2, -0.15) is 0 Å². The quantitative estimate of drug-likeness (QED) is 0.759. The van der Waals surface area contributed by atoms with Gasteiger partial charge in [0.15, 0.2) is 0 Å². The predicted molar refractivity (Wildman–Crippen MR) is 68.5 cm³/mol. The van der Waals surface area contributed by atoms with Gasteiger partial charge in [0.25, 0.3) is 0 Å². The SMILES string of the molecule is CC(NC(=O)N1CCN(C(C)(C)C)CC1)C(=O)O. The van der Waals surface area contributed by atoms with Crippen molar-refractivity contribution in [3.05, 3.63) is 0 Å². The summed E-state index contributed by atoms with van der Waals surface area (Å²) in [6, 6.07) is -1.14. The average molecular weight is 257 g/mol. The Morgan fingerprint density at radius 2 is 1.67 bits per heavy atom. The largest absolute Gasteiger partial charge is 0.480 e. The second-order valence-corrected chi connectivity index (χ2v) is 5.65. The summed E-state index contributed by atoms with van der Waals surface area (Å²) in [7, 11) is 0. The average Bonchev–Trinajstić information content (AvgIpc) is 2.27. The molecule has 6 heteroatoms. The summed E-state index contributed by atoms with van der Waals surface area (Å²) in [5, 5.41) is 11.2. The molecule has 2 amide bonds. The van der Waals surface area contributed by atoms with Crippen molar-refractivity contribution >= 4 is 12.0 Å². The van der Waals surface area contributed by atoms with Gasteiger partial charge in [0.1, 0.15) is 6.04 Å². The van der Waals surface area contributed by atoms with Gasteiger partial charge in [0.2, 0.25) is 0 Å². The topological polar surface area (TPSA) is 72.9 Å². The van der Waals surface area contributed by atoms with E-state index in [1.807, 2.05) is 0 Å². The minimum atomic E-state index is -1.02. The molecule has 0 bridgehead atoms. The lowest BCUT2D eigenvalue weighted by atomic mass is 10.1. The number of carboxylic acids is 1. The number of rotatable bonds is 2. The first-order valence-electron chi connectivity index (χ1n) is 6.25. The zero-order valence-corrected chi connectivity index (χ0v) is 11.6. The van der Waals surface area contributed by atoms with Gasteiger partial charge in [-0.3, -0.25) is 9.69 Å². The van der Waals surface area contributed by atoms with Crippen molar-refractivity contribution in [3.63, 3.8) is 0 Å². The molecule has 18 heavy (non-hydrogen) atoms. The third-order valence-corrected chi connectivity index (χ3v) is 3.23. The van der Waals surface area contributed by atoms with Crippen molar-refractivity contribution < 1.29 is 14.7 Å². The molecule has 104 valence electrons. The van der Waals surface area contributed by atoms with Crippen LogP contribution < -0.4 is 5.32 Å². The van der Waals surface area contributed by atoms with E-state index in [9.17, 15) is 9.59 Å². The first-order valence-corrected chi connectivity index (χ1v) is 6.25. The number of carbonyl (C=O) groups excluding carboxylic acids is 1. The van der Waals surface area contributed by atoms with Gasteiger partial charge >= 0.3 is 12.0 Å². The van der Waals surface area contributed by atoms with Gasteiger partial charge in [-0.15, -0.1) is 0 Å². The summed E-state index contributed by atoms with van der Waals surface area (Å²) >= 11 is 0. The van der Waals surface area contributed by atoms with Gasteiger partial charge in [-0.1, -0.05) is 0 Å². The highest BCUT2D eigenvalue weighted by Crippen LogP contribution is 2.15. The smallest absolute Gasteiger partial charge is 0.325 e. The van der Waals surface area contributed by atoms with E-state index in [1.165, 1.54) is 6.92 Å². The van der Waals surface area contributed by atoms with Crippen LogP contribution in [0.2, 0.25) is 0 Å². The number of amides is 2. The van der Waals surface area contributed by atoms with Crippen LogP contribution in [0.1, 0.15) is 27.7 Å². The van der Waals surface area contributed by atoms with Crippen LogP contribution >= 0.6 is 0 Å². The van der Waals surface area contributed by atoms with Crippen molar-refractivity contribution in [3.8, 4) is 0 Å². The van der Waals surface area contributed by atoms with Gasteiger partial charge in [-0.25, -0.2) is 4.79 Å². The highest BCUT2D eigenvalue weighted by Gasteiger charge is 2.28. The molecule has 0 aliphatic carbocycles. The third kappa shape index (κ3) is 3.87. The number of piperazine rings is 1. The van der Waals surface area contributed by atoms with Crippen LogP contribution in [0.25, 0.3) is 0 Å². The number of carboxylic acid groups (broad SMARTS) is 1. The molecule has 2 N–H and O–H groups in total. The first-order chi connectivity index (χ1) is 8.21. The van der Waals surface area contributed by atoms with Gasteiger partial charge in [-0.05, 0) is 27.7 Å². The molecule has 0 saturated carbocycles. The second kappa shape index (κ2) is 5.56. The lowest BCUT2D eigenvalue weighted by molar-refractivity contribution is -0.138. The van der Waals surface area contributed by atoms with Gasteiger partial charge in [0.05, 0.1) is 0 Å². The molecule has 1 saturated heterocycles. The minimum Gasteiger partial charge on any atom is -0.480 e. The lowest BCUT2D eigenvalue weighted by Gasteiger charge is -2.42. The number of aliphatic carboxylic acids is 1. The first kappa shape index (κ1) is 14.8. The Hall–Kier alpha value is -1.30. The predicted octanol–water partition coefficient (Wildman–Crippen LogP) is 0.585. The van der Waals surface area contributed by atoms with Crippen LogP contribution in [-0.2, 0) is 4.79 Å². The number of hydrogen-bond donors (Lipinski definition) is 2. The Balaban J connectivity index is 2.43. The van der Waals surface area contributed by atoms with Crippen molar-refractivity contribution in [2.75, 3.05) is 26.2 Å². The Morgan fingerprint density at radius 3 is 2.06 bits per heavy atom. The van der Waals surface area contributed by atoms with Crippen LogP contribution in [0, 0.1) is 0 Å². The highest BCUT2D eigenvalue weighted by atomic mass is 16.4. The van der Waals surface area contributed by atoms with Crippen LogP contribution in [-0.4, -0.2) is 64.7 Å². The Kier molecular flexibility index (Phi) is 4.56. The van der Waals surface area contributed by atoms with E-state index in [0.717, 1.165) is 13.1 Å². The molecule has 0 aromatic rings.